The molecule has 0 aliphatic carbocycles. The summed E-state index contributed by atoms with van der Waals surface area (Å²) in [6.45, 7) is 9.95. The second-order valence-electron chi connectivity index (χ2n) is 5.67. The van der Waals surface area contributed by atoms with Crippen molar-refractivity contribution >= 4 is 5.97 Å². The molecule has 2 N–H and O–H groups in total. The van der Waals surface area contributed by atoms with Gasteiger partial charge in [0.1, 0.15) is 11.3 Å². The van der Waals surface area contributed by atoms with E-state index in [-0.39, 0.29) is 22.6 Å². The molecule has 0 spiro atoms. The van der Waals surface area contributed by atoms with E-state index in [0.717, 1.165) is 5.56 Å². The Morgan fingerprint density at radius 2 is 1.76 bits per heavy atom. The van der Waals surface area contributed by atoms with Crippen molar-refractivity contribution in [3.05, 3.63) is 28.8 Å². The Morgan fingerprint density at radius 3 is 2.12 bits per heavy atom. The van der Waals surface area contributed by atoms with Crippen molar-refractivity contribution in [1.82, 2.24) is 0 Å². The highest BCUT2D eigenvalue weighted by Gasteiger charge is 2.23. The van der Waals surface area contributed by atoms with Crippen molar-refractivity contribution in [1.29, 1.82) is 0 Å². The Hall–Kier alpha value is -1.51. The van der Waals surface area contributed by atoms with Gasteiger partial charge in [0, 0.05) is 0 Å². The fourth-order valence-corrected chi connectivity index (χ4v) is 1.77. The van der Waals surface area contributed by atoms with Crippen molar-refractivity contribution in [2.75, 3.05) is 0 Å². The van der Waals surface area contributed by atoms with Crippen molar-refractivity contribution < 1.29 is 15.0 Å². The molecule has 0 atom stereocenters. The lowest BCUT2D eigenvalue weighted by molar-refractivity contribution is 0.0692. The van der Waals surface area contributed by atoms with Crippen LogP contribution < -0.4 is 0 Å². The van der Waals surface area contributed by atoms with Crippen LogP contribution in [0.25, 0.3) is 0 Å². The topological polar surface area (TPSA) is 57.5 Å². The van der Waals surface area contributed by atoms with Gasteiger partial charge < -0.3 is 10.2 Å². The van der Waals surface area contributed by atoms with Gasteiger partial charge in [0.05, 0.1) is 0 Å². The highest BCUT2D eigenvalue weighted by molar-refractivity contribution is 5.93. The van der Waals surface area contributed by atoms with E-state index in [4.69, 9.17) is 5.11 Å². The second-order valence-corrected chi connectivity index (χ2v) is 5.67. The Labute approximate surface area is 102 Å². The molecule has 0 unspecified atom stereocenters. The smallest absolute Gasteiger partial charge is 0.339 e. The van der Waals surface area contributed by atoms with Crippen molar-refractivity contribution in [2.45, 2.75) is 46.0 Å². The summed E-state index contributed by atoms with van der Waals surface area (Å²) >= 11 is 0. The molecule has 3 nitrogen and oxygen atoms in total. The molecule has 0 fully saturated rings. The number of benzene rings is 1. The molecule has 1 aromatic rings. The van der Waals surface area contributed by atoms with E-state index in [1.54, 1.807) is 6.07 Å². The van der Waals surface area contributed by atoms with E-state index in [0.29, 0.717) is 5.56 Å². The van der Waals surface area contributed by atoms with E-state index in [2.05, 4.69) is 0 Å². The van der Waals surface area contributed by atoms with Gasteiger partial charge in [-0.1, -0.05) is 40.7 Å². The summed E-state index contributed by atoms with van der Waals surface area (Å²) in [6.07, 6.45) is 0. The molecule has 0 heterocycles. The number of aromatic hydroxyl groups is 1. The molecule has 94 valence electrons. The lowest BCUT2D eigenvalue weighted by atomic mass is 9.83. The van der Waals surface area contributed by atoms with Gasteiger partial charge in [0.15, 0.2) is 0 Å². The number of carboxylic acids is 1. The Kier molecular flexibility index (Phi) is 3.51. The highest BCUT2D eigenvalue weighted by atomic mass is 16.4. The third-order valence-corrected chi connectivity index (χ3v) is 2.85. The summed E-state index contributed by atoms with van der Waals surface area (Å²) in [5.41, 5.74) is 1.54. The lowest BCUT2D eigenvalue weighted by Gasteiger charge is -2.22. The van der Waals surface area contributed by atoms with E-state index >= 15 is 0 Å². The molecule has 0 aromatic heterocycles. The van der Waals surface area contributed by atoms with Gasteiger partial charge in [-0.3, -0.25) is 0 Å². The lowest BCUT2D eigenvalue weighted by Crippen LogP contribution is -2.14. The standard InChI is InChI=1S/C14H20O3/c1-8(2)10-6-9(14(3,4)5)7-11(15)12(10)13(16)17/h6-8,15H,1-5H3,(H,16,17). The van der Waals surface area contributed by atoms with Crippen LogP contribution in [0.1, 0.15) is 62.0 Å². The third-order valence-electron chi connectivity index (χ3n) is 2.85. The maximum absolute atomic E-state index is 11.1. The monoisotopic (exact) mass is 236 g/mol. The predicted octanol–water partition coefficient (Wildman–Crippen LogP) is 3.51. The second kappa shape index (κ2) is 4.40. The number of hydrogen-bond donors (Lipinski definition) is 2. The van der Waals surface area contributed by atoms with Crippen LogP contribution in [-0.2, 0) is 5.41 Å². The first kappa shape index (κ1) is 13.6. The minimum absolute atomic E-state index is 0.0213. The zero-order valence-corrected chi connectivity index (χ0v) is 11.0. The maximum atomic E-state index is 11.1. The van der Waals surface area contributed by atoms with Crippen molar-refractivity contribution in [3.63, 3.8) is 0 Å². The number of carboxylic acid groups (broad SMARTS) is 1. The molecule has 1 aromatic carbocycles. The summed E-state index contributed by atoms with van der Waals surface area (Å²) in [7, 11) is 0. The molecule has 0 bridgehead atoms. The highest BCUT2D eigenvalue weighted by Crippen LogP contribution is 2.34. The summed E-state index contributed by atoms with van der Waals surface area (Å²) in [5.74, 6) is -1.16. The van der Waals surface area contributed by atoms with E-state index < -0.39 is 5.97 Å². The molecular weight excluding hydrogens is 216 g/mol. The van der Waals surface area contributed by atoms with Gasteiger partial charge in [0.2, 0.25) is 0 Å². The average Bonchev–Trinajstić information content (AvgIpc) is 2.13. The Bertz CT molecular complexity index is 440. The quantitative estimate of drug-likeness (QED) is 0.826. The van der Waals surface area contributed by atoms with Crippen LogP contribution >= 0.6 is 0 Å². The van der Waals surface area contributed by atoms with Gasteiger partial charge in [-0.15, -0.1) is 0 Å². The minimum Gasteiger partial charge on any atom is -0.507 e. The van der Waals surface area contributed by atoms with Crippen LogP contribution in [-0.4, -0.2) is 16.2 Å². The molecule has 0 aliphatic rings. The van der Waals surface area contributed by atoms with Crippen molar-refractivity contribution in [2.24, 2.45) is 0 Å². The summed E-state index contributed by atoms with van der Waals surface area (Å²) in [6, 6.07) is 3.43. The molecule has 0 amide bonds. The fraction of sp³-hybridized carbons (Fsp3) is 0.500. The van der Waals surface area contributed by atoms with Gasteiger partial charge in [-0.25, -0.2) is 4.79 Å². The normalized spacial score (nSPS) is 11.9. The Morgan fingerprint density at radius 1 is 1.24 bits per heavy atom. The SMILES string of the molecule is CC(C)c1cc(C(C)(C)C)cc(O)c1C(=O)O. The first-order valence-corrected chi connectivity index (χ1v) is 5.75. The molecule has 0 aliphatic heterocycles. The van der Waals surface area contributed by atoms with Crippen molar-refractivity contribution in [3.8, 4) is 5.75 Å². The number of rotatable bonds is 2. The van der Waals surface area contributed by atoms with Crippen LogP contribution in [0.5, 0.6) is 5.75 Å². The number of aromatic carboxylic acids is 1. The minimum atomic E-state index is -1.08. The maximum Gasteiger partial charge on any atom is 0.339 e. The largest absolute Gasteiger partial charge is 0.507 e. The molecule has 0 saturated carbocycles. The summed E-state index contributed by atoms with van der Waals surface area (Å²) in [4.78, 5) is 11.1. The summed E-state index contributed by atoms with van der Waals surface area (Å²) in [5, 5.41) is 19.0. The van der Waals surface area contributed by atoms with Crippen LogP contribution in [0, 0.1) is 0 Å². The van der Waals surface area contributed by atoms with Gasteiger partial charge in [-0.05, 0) is 28.5 Å². The van der Waals surface area contributed by atoms with E-state index in [1.165, 1.54) is 0 Å². The van der Waals surface area contributed by atoms with Gasteiger partial charge in [0.25, 0.3) is 0 Å². The third kappa shape index (κ3) is 2.78. The molecule has 3 heteroatoms. The van der Waals surface area contributed by atoms with Crippen LogP contribution in [0.4, 0.5) is 0 Å². The van der Waals surface area contributed by atoms with E-state index in [1.807, 2.05) is 40.7 Å². The first-order chi connectivity index (χ1) is 7.64. The number of phenols is 1. The van der Waals surface area contributed by atoms with Gasteiger partial charge >= 0.3 is 5.97 Å². The Balaban J connectivity index is 3.52. The molecule has 17 heavy (non-hydrogen) atoms. The van der Waals surface area contributed by atoms with Crippen LogP contribution in [0.15, 0.2) is 12.1 Å². The van der Waals surface area contributed by atoms with E-state index in [9.17, 15) is 9.90 Å². The molecule has 0 saturated heterocycles. The molecule has 1 rings (SSSR count). The van der Waals surface area contributed by atoms with Gasteiger partial charge in [-0.2, -0.15) is 0 Å². The molecule has 0 radical (unpaired) electrons. The fourth-order valence-electron chi connectivity index (χ4n) is 1.77. The zero-order valence-electron chi connectivity index (χ0n) is 11.0. The summed E-state index contributed by atoms with van der Waals surface area (Å²) < 4.78 is 0. The predicted molar refractivity (Wildman–Crippen MR) is 67.9 cm³/mol. The average molecular weight is 236 g/mol. The number of carbonyl (C=O) groups is 1. The van der Waals surface area contributed by atoms with Crippen LogP contribution in [0.2, 0.25) is 0 Å². The van der Waals surface area contributed by atoms with Crippen LogP contribution in [0.3, 0.4) is 0 Å². The zero-order chi connectivity index (χ0) is 13.4. The number of hydrogen-bond acceptors (Lipinski definition) is 2. The first-order valence-electron chi connectivity index (χ1n) is 5.75. The molecular formula is C14H20O3.